The van der Waals surface area contributed by atoms with Gasteiger partial charge in [-0.2, -0.15) is 0 Å². The maximum atomic E-state index is 10.9. The van der Waals surface area contributed by atoms with Gasteiger partial charge in [0.25, 0.3) is 5.69 Å². The number of fused-ring (bicyclic) bond motifs is 1. The zero-order valence-corrected chi connectivity index (χ0v) is 16.2. The van der Waals surface area contributed by atoms with Crippen molar-refractivity contribution in [2.45, 2.75) is 0 Å². The quantitative estimate of drug-likeness (QED) is 0.318. The number of benzene rings is 3. The van der Waals surface area contributed by atoms with Gasteiger partial charge >= 0.3 is 0 Å². The van der Waals surface area contributed by atoms with Crippen LogP contribution in [0.25, 0.3) is 10.8 Å². The number of non-ortho nitro benzene ring substituents is 1. The summed E-state index contributed by atoms with van der Waals surface area (Å²) in [6, 6.07) is 18.5. The molecular formula is C22H22N4O3. The Hall–Kier alpha value is -3.45. The summed E-state index contributed by atoms with van der Waals surface area (Å²) >= 11 is 0. The van der Waals surface area contributed by atoms with Gasteiger partial charge in [-0.3, -0.25) is 10.1 Å². The van der Waals surface area contributed by atoms with Crippen LogP contribution in [0.2, 0.25) is 0 Å². The fraction of sp³-hybridized carbons (Fsp3) is 0.227. The lowest BCUT2D eigenvalue weighted by molar-refractivity contribution is -0.384. The van der Waals surface area contributed by atoms with E-state index in [1.807, 2.05) is 24.3 Å². The summed E-state index contributed by atoms with van der Waals surface area (Å²) < 4.78 is 5.81. The number of nitrogens with one attached hydrogen (secondary N) is 1. The van der Waals surface area contributed by atoms with E-state index in [-0.39, 0.29) is 5.69 Å². The summed E-state index contributed by atoms with van der Waals surface area (Å²) in [7, 11) is 1.67. The Bertz CT molecular complexity index is 1060. The van der Waals surface area contributed by atoms with E-state index in [9.17, 15) is 10.1 Å². The molecule has 0 bridgehead atoms. The molecule has 0 spiro atoms. The minimum Gasteiger partial charge on any atom is -0.495 e. The second kappa shape index (κ2) is 8.28. The van der Waals surface area contributed by atoms with Crippen molar-refractivity contribution in [2.24, 2.45) is 4.99 Å². The largest absolute Gasteiger partial charge is 0.495 e. The normalized spacial score (nSPS) is 14.8. The third-order valence-electron chi connectivity index (χ3n) is 5.04. The van der Waals surface area contributed by atoms with Gasteiger partial charge in [-0.15, -0.1) is 0 Å². The van der Waals surface area contributed by atoms with Crippen molar-refractivity contribution < 1.29 is 9.66 Å². The molecule has 0 aliphatic carbocycles. The van der Waals surface area contributed by atoms with Gasteiger partial charge in [0, 0.05) is 43.7 Å². The van der Waals surface area contributed by atoms with Gasteiger partial charge in [0.15, 0.2) is 0 Å². The highest BCUT2D eigenvalue weighted by Gasteiger charge is 2.21. The number of aliphatic imine (C=N–C) groups is 1. The van der Waals surface area contributed by atoms with E-state index in [1.165, 1.54) is 12.1 Å². The zero-order chi connectivity index (χ0) is 20.2. The number of ether oxygens (including phenoxy) is 1. The predicted octanol–water partition coefficient (Wildman–Crippen LogP) is 3.74. The molecule has 148 valence electrons. The summed E-state index contributed by atoms with van der Waals surface area (Å²) in [5.74, 6) is 1.59. The molecule has 0 unspecified atom stereocenters. The Labute approximate surface area is 168 Å². The Morgan fingerprint density at radius 3 is 2.48 bits per heavy atom. The van der Waals surface area contributed by atoms with Crippen LogP contribution < -0.4 is 10.1 Å². The topological polar surface area (TPSA) is 80.0 Å². The van der Waals surface area contributed by atoms with Crippen LogP contribution in [0.4, 0.5) is 11.4 Å². The first-order valence-electron chi connectivity index (χ1n) is 9.52. The molecule has 1 fully saturated rings. The monoisotopic (exact) mass is 390 g/mol. The lowest BCUT2D eigenvalue weighted by Gasteiger charge is -2.31. The SMILES string of the molecule is COc1c(C(=Nc2ccc([N+](=O)[O-])cc2)N2CCNCC2)ccc2ccccc12. The number of nitro benzene ring substituents is 1. The fourth-order valence-electron chi connectivity index (χ4n) is 3.59. The molecule has 3 aromatic rings. The summed E-state index contributed by atoms with van der Waals surface area (Å²) in [6.07, 6.45) is 0. The van der Waals surface area contributed by atoms with Gasteiger partial charge in [0.1, 0.15) is 11.6 Å². The second-order valence-corrected chi connectivity index (χ2v) is 6.81. The van der Waals surface area contributed by atoms with E-state index in [0.29, 0.717) is 5.69 Å². The van der Waals surface area contributed by atoms with Gasteiger partial charge in [0.2, 0.25) is 0 Å². The molecule has 0 saturated carbocycles. The third kappa shape index (κ3) is 3.90. The first kappa shape index (κ1) is 18.9. The molecule has 4 rings (SSSR count). The van der Waals surface area contributed by atoms with Crippen molar-refractivity contribution in [3.8, 4) is 5.75 Å². The molecule has 7 nitrogen and oxygen atoms in total. The van der Waals surface area contributed by atoms with Crippen LogP contribution in [0.5, 0.6) is 5.75 Å². The lowest BCUT2D eigenvalue weighted by Crippen LogP contribution is -2.46. The number of nitrogens with zero attached hydrogens (tertiary/aromatic N) is 3. The first-order chi connectivity index (χ1) is 14.2. The van der Waals surface area contributed by atoms with Crippen LogP contribution in [-0.2, 0) is 0 Å². The highest BCUT2D eigenvalue weighted by Crippen LogP contribution is 2.32. The standard InChI is InChI=1S/C22H22N4O3/c1-29-21-19-5-3-2-4-16(19)6-11-20(21)22(25-14-12-23-13-15-25)24-17-7-9-18(10-8-17)26(27)28/h2-11,23H,12-15H2,1H3. The Morgan fingerprint density at radius 1 is 1.07 bits per heavy atom. The van der Waals surface area contributed by atoms with Crippen LogP contribution in [-0.4, -0.2) is 48.9 Å². The van der Waals surface area contributed by atoms with Gasteiger partial charge in [0.05, 0.1) is 23.3 Å². The minimum absolute atomic E-state index is 0.0518. The number of rotatable bonds is 4. The van der Waals surface area contributed by atoms with Crippen molar-refractivity contribution in [1.29, 1.82) is 0 Å². The van der Waals surface area contributed by atoms with E-state index >= 15 is 0 Å². The molecule has 0 amide bonds. The van der Waals surface area contributed by atoms with Crippen LogP contribution in [0.3, 0.4) is 0 Å². The van der Waals surface area contributed by atoms with Crippen LogP contribution in [0.15, 0.2) is 65.7 Å². The van der Waals surface area contributed by atoms with Crippen molar-refractivity contribution in [1.82, 2.24) is 10.2 Å². The highest BCUT2D eigenvalue weighted by molar-refractivity contribution is 6.07. The fourth-order valence-corrected chi connectivity index (χ4v) is 3.59. The van der Waals surface area contributed by atoms with E-state index in [2.05, 4.69) is 22.3 Å². The minimum atomic E-state index is -0.406. The molecule has 0 radical (unpaired) electrons. The molecule has 3 aromatic carbocycles. The number of piperazine rings is 1. The number of amidine groups is 1. The lowest BCUT2D eigenvalue weighted by atomic mass is 10.0. The molecular weight excluding hydrogens is 368 g/mol. The Balaban J connectivity index is 1.84. The maximum absolute atomic E-state index is 10.9. The number of hydrogen-bond donors (Lipinski definition) is 1. The van der Waals surface area contributed by atoms with E-state index in [4.69, 9.17) is 9.73 Å². The average molecular weight is 390 g/mol. The predicted molar refractivity (Wildman–Crippen MR) is 114 cm³/mol. The number of methoxy groups -OCH3 is 1. The van der Waals surface area contributed by atoms with Gasteiger partial charge in [-0.05, 0) is 23.6 Å². The van der Waals surface area contributed by atoms with Crippen LogP contribution in [0, 0.1) is 10.1 Å². The van der Waals surface area contributed by atoms with Gasteiger partial charge in [-0.1, -0.05) is 30.3 Å². The molecule has 1 aliphatic rings. The van der Waals surface area contributed by atoms with Gasteiger partial charge < -0.3 is 15.0 Å². The van der Waals surface area contributed by atoms with Crippen LogP contribution in [0.1, 0.15) is 5.56 Å². The second-order valence-electron chi connectivity index (χ2n) is 6.81. The molecule has 1 heterocycles. The molecule has 1 saturated heterocycles. The molecule has 7 heteroatoms. The van der Waals surface area contributed by atoms with E-state index < -0.39 is 4.92 Å². The summed E-state index contributed by atoms with van der Waals surface area (Å²) in [6.45, 7) is 3.38. The van der Waals surface area contributed by atoms with E-state index in [0.717, 1.165) is 54.1 Å². The smallest absolute Gasteiger partial charge is 0.269 e. The molecule has 0 atom stereocenters. The zero-order valence-electron chi connectivity index (χ0n) is 16.2. The average Bonchev–Trinajstić information content (AvgIpc) is 2.77. The van der Waals surface area contributed by atoms with E-state index in [1.54, 1.807) is 19.2 Å². The summed E-state index contributed by atoms with van der Waals surface area (Å²) in [4.78, 5) is 17.7. The van der Waals surface area contributed by atoms with Crippen molar-refractivity contribution in [3.05, 3.63) is 76.3 Å². The number of hydrogen-bond acceptors (Lipinski definition) is 5. The summed E-state index contributed by atoms with van der Waals surface area (Å²) in [5, 5.41) is 16.4. The Morgan fingerprint density at radius 2 is 1.79 bits per heavy atom. The third-order valence-corrected chi connectivity index (χ3v) is 5.04. The maximum Gasteiger partial charge on any atom is 0.269 e. The highest BCUT2D eigenvalue weighted by atomic mass is 16.6. The van der Waals surface area contributed by atoms with Crippen molar-refractivity contribution in [2.75, 3.05) is 33.3 Å². The van der Waals surface area contributed by atoms with Crippen molar-refractivity contribution in [3.63, 3.8) is 0 Å². The molecule has 29 heavy (non-hydrogen) atoms. The van der Waals surface area contributed by atoms with Gasteiger partial charge in [-0.25, -0.2) is 4.99 Å². The van der Waals surface area contributed by atoms with Crippen LogP contribution >= 0.6 is 0 Å². The molecule has 1 aliphatic heterocycles. The summed E-state index contributed by atoms with van der Waals surface area (Å²) in [5.41, 5.74) is 1.63. The first-order valence-corrected chi connectivity index (χ1v) is 9.52. The number of nitro groups is 1. The molecule has 0 aromatic heterocycles. The molecule has 1 N–H and O–H groups in total. The van der Waals surface area contributed by atoms with Crippen molar-refractivity contribution >= 4 is 28.0 Å². The Kier molecular flexibility index (Phi) is 5.39.